The standard InChI is InChI=1S/C12H22N2O3S/c1-2-13-11-3-6-14(7-4-11)12(15)10-5-8-18(16,17)9-10/h10-11,13H,2-9H2,1H3. The predicted molar refractivity (Wildman–Crippen MR) is 70.0 cm³/mol. The topological polar surface area (TPSA) is 66.5 Å². The molecule has 6 heteroatoms. The Kier molecular flexibility index (Phi) is 4.27. The summed E-state index contributed by atoms with van der Waals surface area (Å²) in [4.78, 5) is 14.0. The number of hydrogen-bond acceptors (Lipinski definition) is 4. The first-order chi connectivity index (χ1) is 8.52. The molecule has 1 amide bonds. The van der Waals surface area contributed by atoms with Crippen LogP contribution in [-0.2, 0) is 14.6 Å². The van der Waals surface area contributed by atoms with Crippen LogP contribution in [0.2, 0.25) is 0 Å². The number of carbonyl (C=O) groups excluding carboxylic acids is 1. The SMILES string of the molecule is CCNC1CCN(C(=O)C2CCS(=O)(=O)C2)CC1. The van der Waals surface area contributed by atoms with E-state index in [1.807, 2.05) is 4.90 Å². The fraction of sp³-hybridized carbons (Fsp3) is 0.917. The van der Waals surface area contributed by atoms with Crippen molar-refractivity contribution in [3.8, 4) is 0 Å². The average molecular weight is 274 g/mol. The Balaban J connectivity index is 1.85. The Labute approximate surface area is 109 Å². The number of piperidine rings is 1. The minimum Gasteiger partial charge on any atom is -0.342 e. The van der Waals surface area contributed by atoms with E-state index in [4.69, 9.17) is 0 Å². The molecule has 0 radical (unpaired) electrons. The molecule has 2 heterocycles. The van der Waals surface area contributed by atoms with E-state index in [2.05, 4.69) is 12.2 Å². The average Bonchev–Trinajstić information content (AvgIpc) is 2.70. The number of nitrogens with one attached hydrogen (secondary N) is 1. The van der Waals surface area contributed by atoms with E-state index in [0.717, 1.165) is 32.5 Å². The van der Waals surface area contributed by atoms with E-state index in [-0.39, 0.29) is 23.3 Å². The molecular weight excluding hydrogens is 252 g/mol. The smallest absolute Gasteiger partial charge is 0.226 e. The third kappa shape index (κ3) is 3.23. The van der Waals surface area contributed by atoms with Gasteiger partial charge in [-0.25, -0.2) is 8.42 Å². The van der Waals surface area contributed by atoms with Gasteiger partial charge in [-0.05, 0) is 25.8 Å². The highest BCUT2D eigenvalue weighted by Crippen LogP contribution is 2.22. The minimum atomic E-state index is -2.96. The maximum absolute atomic E-state index is 12.2. The number of rotatable bonds is 3. The Morgan fingerprint density at radius 3 is 2.44 bits per heavy atom. The van der Waals surface area contributed by atoms with Crippen molar-refractivity contribution in [1.82, 2.24) is 10.2 Å². The van der Waals surface area contributed by atoms with Gasteiger partial charge in [-0.1, -0.05) is 6.92 Å². The van der Waals surface area contributed by atoms with Crippen molar-refractivity contribution in [3.63, 3.8) is 0 Å². The van der Waals surface area contributed by atoms with Gasteiger partial charge in [0.1, 0.15) is 0 Å². The first kappa shape index (κ1) is 13.8. The molecule has 0 spiro atoms. The van der Waals surface area contributed by atoms with Crippen LogP contribution >= 0.6 is 0 Å². The van der Waals surface area contributed by atoms with Gasteiger partial charge < -0.3 is 10.2 Å². The van der Waals surface area contributed by atoms with Crippen molar-refractivity contribution in [1.29, 1.82) is 0 Å². The Morgan fingerprint density at radius 1 is 1.28 bits per heavy atom. The van der Waals surface area contributed by atoms with Crippen molar-refractivity contribution in [2.24, 2.45) is 5.92 Å². The van der Waals surface area contributed by atoms with Gasteiger partial charge in [-0.2, -0.15) is 0 Å². The Morgan fingerprint density at radius 2 is 1.94 bits per heavy atom. The van der Waals surface area contributed by atoms with Gasteiger partial charge >= 0.3 is 0 Å². The lowest BCUT2D eigenvalue weighted by Crippen LogP contribution is -2.46. The summed E-state index contributed by atoms with van der Waals surface area (Å²) in [5.74, 6) is -0.00678. The molecule has 2 aliphatic rings. The Hall–Kier alpha value is -0.620. The van der Waals surface area contributed by atoms with E-state index in [9.17, 15) is 13.2 Å². The number of hydrogen-bond donors (Lipinski definition) is 1. The first-order valence-electron chi connectivity index (χ1n) is 6.74. The number of carbonyl (C=O) groups is 1. The van der Waals surface area contributed by atoms with Crippen LogP contribution in [0, 0.1) is 5.92 Å². The molecule has 1 N–H and O–H groups in total. The first-order valence-corrected chi connectivity index (χ1v) is 8.56. The maximum atomic E-state index is 12.2. The molecule has 104 valence electrons. The van der Waals surface area contributed by atoms with E-state index >= 15 is 0 Å². The van der Waals surface area contributed by atoms with Crippen LogP contribution < -0.4 is 5.32 Å². The summed E-state index contributed by atoms with van der Waals surface area (Å²) in [7, 11) is -2.96. The molecule has 2 fully saturated rings. The fourth-order valence-electron chi connectivity index (χ4n) is 2.84. The number of likely N-dealkylation sites (tertiary alicyclic amines) is 1. The van der Waals surface area contributed by atoms with Gasteiger partial charge in [0.15, 0.2) is 9.84 Å². The van der Waals surface area contributed by atoms with Crippen LogP contribution in [0.25, 0.3) is 0 Å². The summed E-state index contributed by atoms with van der Waals surface area (Å²) in [6.07, 6.45) is 2.45. The van der Waals surface area contributed by atoms with E-state index in [0.29, 0.717) is 12.5 Å². The van der Waals surface area contributed by atoms with Crippen molar-refractivity contribution >= 4 is 15.7 Å². The summed E-state index contributed by atoms with van der Waals surface area (Å²) in [6.45, 7) is 4.56. The third-order valence-corrected chi connectivity index (χ3v) is 5.65. The molecule has 0 aromatic heterocycles. The van der Waals surface area contributed by atoms with Crippen LogP contribution in [-0.4, -0.2) is 56.4 Å². The van der Waals surface area contributed by atoms with E-state index in [1.165, 1.54) is 0 Å². The van der Waals surface area contributed by atoms with Crippen LogP contribution in [0.1, 0.15) is 26.2 Å². The maximum Gasteiger partial charge on any atom is 0.226 e. The van der Waals surface area contributed by atoms with E-state index < -0.39 is 9.84 Å². The zero-order valence-corrected chi connectivity index (χ0v) is 11.7. The van der Waals surface area contributed by atoms with Gasteiger partial charge in [0.25, 0.3) is 0 Å². The van der Waals surface area contributed by atoms with Gasteiger partial charge in [0.05, 0.1) is 17.4 Å². The summed E-state index contributed by atoms with van der Waals surface area (Å²) >= 11 is 0. The normalized spacial score (nSPS) is 28.5. The largest absolute Gasteiger partial charge is 0.342 e. The second-order valence-electron chi connectivity index (χ2n) is 5.26. The van der Waals surface area contributed by atoms with Crippen molar-refractivity contribution in [2.45, 2.75) is 32.2 Å². The number of nitrogens with zero attached hydrogens (tertiary/aromatic N) is 1. The highest BCUT2D eigenvalue weighted by atomic mass is 32.2. The van der Waals surface area contributed by atoms with Crippen molar-refractivity contribution < 1.29 is 13.2 Å². The number of sulfone groups is 1. The molecule has 0 aromatic carbocycles. The minimum absolute atomic E-state index is 0.0472. The lowest BCUT2D eigenvalue weighted by Gasteiger charge is -2.33. The molecule has 0 aliphatic carbocycles. The summed E-state index contributed by atoms with van der Waals surface area (Å²) in [6, 6.07) is 0.506. The highest BCUT2D eigenvalue weighted by molar-refractivity contribution is 7.91. The summed E-state index contributed by atoms with van der Waals surface area (Å²) < 4.78 is 22.8. The molecule has 5 nitrogen and oxygen atoms in total. The monoisotopic (exact) mass is 274 g/mol. The zero-order valence-electron chi connectivity index (χ0n) is 10.9. The van der Waals surface area contributed by atoms with Crippen LogP contribution in [0.3, 0.4) is 0 Å². The number of amides is 1. The molecular formula is C12H22N2O3S. The molecule has 1 atom stereocenters. The molecule has 0 saturated carbocycles. The van der Waals surface area contributed by atoms with Gasteiger partial charge in [-0.15, -0.1) is 0 Å². The molecule has 2 saturated heterocycles. The fourth-order valence-corrected chi connectivity index (χ4v) is 4.57. The third-order valence-electron chi connectivity index (χ3n) is 3.88. The quantitative estimate of drug-likeness (QED) is 0.788. The van der Waals surface area contributed by atoms with Crippen LogP contribution in [0.15, 0.2) is 0 Å². The van der Waals surface area contributed by atoms with Gasteiger partial charge in [-0.3, -0.25) is 4.79 Å². The molecule has 0 aromatic rings. The molecule has 18 heavy (non-hydrogen) atoms. The lowest BCUT2D eigenvalue weighted by molar-refractivity contribution is -0.135. The van der Waals surface area contributed by atoms with Crippen molar-refractivity contribution in [3.05, 3.63) is 0 Å². The zero-order chi connectivity index (χ0) is 13.2. The highest BCUT2D eigenvalue weighted by Gasteiger charge is 2.36. The summed E-state index contributed by atoms with van der Waals surface area (Å²) in [5.41, 5.74) is 0. The second kappa shape index (κ2) is 5.57. The van der Waals surface area contributed by atoms with Gasteiger partial charge in [0, 0.05) is 19.1 Å². The van der Waals surface area contributed by atoms with Crippen molar-refractivity contribution in [2.75, 3.05) is 31.1 Å². The predicted octanol–water partition coefficient (Wildman–Crippen LogP) is 0.0216. The molecule has 2 aliphatic heterocycles. The molecule has 2 rings (SSSR count). The van der Waals surface area contributed by atoms with Gasteiger partial charge in [0.2, 0.25) is 5.91 Å². The molecule has 0 bridgehead atoms. The molecule has 1 unspecified atom stereocenters. The summed E-state index contributed by atoms with van der Waals surface area (Å²) in [5, 5.41) is 3.39. The van der Waals surface area contributed by atoms with Crippen LogP contribution in [0.5, 0.6) is 0 Å². The Bertz CT molecular complexity index is 400. The van der Waals surface area contributed by atoms with E-state index in [1.54, 1.807) is 0 Å². The van der Waals surface area contributed by atoms with Crippen LogP contribution in [0.4, 0.5) is 0 Å². The lowest BCUT2D eigenvalue weighted by atomic mass is 10.0. The second-order valence-corrected chi connectivity index (χ2v) is 7.49.